The lowest BCUT2D eigenvalue weighted by Gasteiger charge is -2.26. The monoisotopic (exact) mass is 472 g/mol. The van der Waals surface area contributed by atoms with Crippen LogP contribution in [0.25, 0.3) is 5.76 Å². The molecule has 1 aliphatic rings. The molecule has 11 nitrogen and oxygen atoms in total. The molecule has 0 saturated carbocycles. The van der Waals surface area contributed by atoms with Gasteiger partial charge < -0.3 is 29.3 Å². The summed E-state index contributed by atoms with van der Waals surface area (Å²) in [6.07, 6.45) is 0. The number of benzene rings is 2. The van der Waals surface area contributed by atoms with E-state index in [9.17, 15) is 24.8 Å². The summed E-state index contributed by atoms with van der Waals surface area (Å²) in [6.45, 7) is -0.118. The smallest absolute Gasteiger partial charge is 0.295 e. The van der Waals surface area contributed by atoms with E-state index in [-0.39, 0.29) is 43.2 Å². The molecule has 0 bridgehead atoms. The highest BCUT2D eigenvalue weighted by Crippen LogP contribution is 2.42. The van der Waals surface area contributed by atoms with Gasteiger partial charge in [0, 0.05) is 24.2 Å². The molecule has 34 heavy (non-hydrogen) atoms. The minimum absolute atomic E-state index is 0.00466. The minimum Gasteiger partial charge on any atom is -0.507 e. The Labute approximate surface area is 194 Å². The normalized spacial score (nSPS) is 17.1. The van der Waals surface area contributed by atoms with Crippen LogP contribution in [0.3, 0.4) is 0 Å². The van der Waals surface area contributed by atoms with Crippen molar-refractivity contribution in [2.75, 3.05) is 40.6 Å². The quantitative estimate of drug-likeness (QED) is 0.132. The van der Waals surface area contributed by atoms with E-state index in [1.54, 1.807) is 18.2 Å². The molecule has 0 spiro atoms. The Bertz CT molecular complexity index is 1130. The number of ketones is 1. The van der Waals surface area contributed by atoms with Gasteiger partial charge in [0.1, 0.15) is 5.76 Å². The van der Waals surface area contributed by atoms with Crippen molar-refractivity contribution in [3.8, 4) is 11.5 Å². The highest BCUT2D eigenvalue weighted by atomic mass is 16.6. The van der Waals surface area contributed by atoms with E-state index < -0.39 is 28.4 Å². The number of Topliss-reactive ketones (excluding diaryl/α,β-unsaturated/α-hetero) is 1. The molecule has 1 unspecified atom stereocenters. The first-order valence-electron chi connectivity index (χ1n) is 10.3. The minimum atomic E-state index is -1.02. The van der Waals surface area contributed by atoms with Crippen LogP contribution in [0.5, 0.6) is 11.5 Å². The van der Waals surface area contributed by atoms with Crippen LogP contribution in [0, 0.1) is 10.1 Å². The summed E-state index contributed by atoms with van der Waals surface area (Å²) in [5.41, 5.74) is -0.0292. The summed E-state index contributed by atoms with van der Waals surface area (Å²) in [6, 6.07) is 8.94. The number of aliphatic hydroxyl groups is 2. The van der Waals surface area contributed by atoms with E-state index in [0.717, 1.165) is 6.07 Å². The molecule has 0 aliphatic carbocycles. The molecule has 3 rings (SSSR count). The Hall–Kier alpha value is -3.96. The number of non-ortho nitro benzene ring substituents is 1. The molecule has 0 aromatic heterocycles. The highest BCUT2D eigenvalue weighted by molar-refractivity contribution is 6.46. The molecule has 2 N–H and O–H groups in total. The Morgan fingerprint density at radius 3 is 2.47 bits per heavy atom. The summed E-state index contributed by atoms with van der Waals surface area (Å²) >= 11 is 0. The zero-order valence-electron chi connectivity index (χ0n) is 18.6. The van der Waals surface area contributed by atoms with Crippen LogP contribution in [-0.4, -0.2) is 72.3 Å². The molecule has 1 amide bonds. The van der Waals surface area contributed by atoms with Gasteiger partial charge in [-0.3, -0.25) is 19.7 Å². The molecule has 1 aliphatic heterocycles. The number of amides is 1. The number of methoxy groups -OCH3 is 2. The molecule has 11 heteroatoms. The molecule has 1 saturated heterocycles. The zero-order valence-corrected chi connectivity index (χ0v) is 18.6. The number of hydrogen-bond donors (Lipinski definition) is 2. The van der Waals surface area contributed by atoms with E-state index in [1.807, 2.05) is 0 Å². The van der Waals surface area contributed by atoms with E-state index in [1.165, 1.54) is 37.3 Å². The predicted octanol–water partition coefficient (Wildman–Crippen LogP) is 2.04. The first-order valence-corrected chi connectivity index (χ1v) is 10.3. The number of aliphatic hydroxyl groups excluding tert-OH is 2. The van der Waals surface area contributed by atoms with Gasteiger partial charge in [-0.15, -0.1) is 0 Å². The number of nitro benzene ring substituents is 1. The fourth-order valence-electron chi connectivity index (χ4n) is 3.73. The topological polar surface area (TPSA) is 149 Å². The van der Waals surface area contributed by atoms with Gasteiger partial charge in [0.2, 0.25) is 0 Å². The Kier molecular flexibility index (Phi) is 7.82. The first kappa shape index (κ1) is 24.7. The zero-order chi connectivity index (χ0) is 24.8. The van der Waals surface area contributed by atoms with Crippen LogP contribution in [-0.2, 0) is 14.3 Å². The van der Waals surface area contributed by atoms with E-state index in [0.29, 0.717) is 17.1 Å². The second-order valence-corrected chi connectivity index (χ2v) is 7.25. The maximum Gasteiger partial charge on any atom is 0.295 e. The van der Waals surface area contributed by atoms with Gasteiger partial charge in [-0.05, 0) is 17.7 Å². The average Bonchev–Trinajstić information content (AvgIpc) is 3.10. The number of ether oxygens (including phenoxy) is 3. The third-order valence-corrected chi connectivity index (χ3v) is 5.31. The summed E-state index contributed by atoms with van der Waals surface area (Å²) in [5.74, 6) is -1.57. The SMILES string of the molecule is COc1ccc(C2/C(=C(\O)c3cccc([N+](=O)[O-])c3)C(=O)C(=O)N2CCOCCO)cc1OC. The van der Waals surface area contributed by atoms with Crippen molar-refractivity contribution in [3.05, 3.63) is 69.3 Å². The molecule has 2 aromatic carbocycles. The van der Waals surface area contributed by atoms with E-state index >= 15 is 0 Å². The number of likely N-dealkylation sites (tertiary alicyclic amines) is 1. The summed E-state index contributed by atoms with van der Waals surface area (Å²) < 4.78 is 15.9. The second kappa shape index (κ2) is 10.8. The fraction of sp³-hybridized carbons (Fsp3) is 0.304. The van der Waals surface area contributed by atoms with Crippen LogP contribution >= 0.6 is 0 Å². The van der Waals surface area contributed by atoms with Gasteiger partial charge in [0.15, 0.2) is 11.5 Å². The van der Waals surface area contributed by atoms with E-state index in [4.69, 9.17) is 19.3 Å². The van der Waals surface area contributed by atoms with Crippen molar-refractivity contribution in [2.45, 2.75) is 6.04 Å². The Morgan fingerprint density at radius 1 is 1.09 bits per heavy atom. The van der Waals surface area contributed by atoms with Crippen LogP contribution in [0.1, 0.15) is 17.2 Å². The number of nitro groups is 1. The lowest BCUT2D eigenvalue weighted by atomic mass is 9.95. The summed E-state index contributed by atoms with van der Waals surface area (Å²) in [4.78, 5) is 37.7. The molecule has 1 heterocycles. The largest absolute Gasteiger partial charge is 0.507 e. The van der Waals surface area contributed by atoms with Crippen molar-refractivity contribution < 1.29 is 38.9 Å². The van der Waals surface area contributed by atoms with Crippen molar-refractivity contribution in [3.63, 3.8) is 0 Å². The molecule has 0 radical (unpaired) electrons. The van der Waals surface area contributed by atoms with Crippen LogP contribution in [0.4, 0.5) is 5.69 Å². The van der Waals surface area contributed by atoms with Crippen LogP contribution < -0.4 is 9.47 Å². The predicted molar refractivity (Wildman–Crippen MR) is 120 cm³/mol. The van der Waals surface area contributed by atoms with Crippen molar-refractivity contribution >= 4 is 23.1 Å². The average molecular weight is 472 g/mol. The van der Waals surface area contributed by atoms with Crippen molar-refractivity contribution in [1.29, 1.82) is 0 Å². The number of carbonyl (C=O) groups is 2. The van der Waals surface area contributed by atoms with Crippen LogP contribution in [0.15, 0.2) is 48.0 Å². The second-order valence-electron chi connectivity index (χ2n) is 7.25. The molecule has 1 fully saturated rings. The number of nitrogens with zero attached hydrogens (tertiary/aromatic N) is 2. The first-order chi connectivity index (χ1) is 16.3. The lowest BCUT2D eigenvalue weighted by Crippen LogP contribution is -2.33. The Morgan fingerprint density at radius 2 is 1.82 bits per heavy atom. The maximum atomic E-state index is 13.0. The third kappa shape index (κ3) is 4.85. The van der Waals surface area contributed by atoms with Gasteiger partial charge in [-0.2, -0.15) is 0 Å². The van der Waals surface area contributed by atoms with Crippen LogP contribution in [0.2, 0.25) is 0 Å². The van der Waals surface area contributed by atoms with Gasteiger partial charge in [-0.1, -0.05) is 18.2 Å². The van der Waals surface area contributed by atoms with Gasteiger partial charge in [0.05, 0.1) is 50.6 Å². The molecule has 180 valence electrons. The molecule has 2 aromatic rings. The highest BCUT2D eigenvalue weighted by Gasteiger charge is 2.46. The van der Waals surface area contributed by atoms with Gasteiger partial charge in [0.25, 0.3) is 17.4 Å². The molecular weight excluding hydrogens is 448 g/mol. The van der Waals surface area contributed by atoms with Crippen molar-refractivity contribution in [1.82, 2.24) is 4.90 Å². The van der Waals surface area contributed by atoms with E-state index in [2.05, 4.69) is 0 Å². The third-order valence-electron chi connectivity index (χ3n) is 5.31. The van der Waals surface area contributed by atoms with Gasteiger partial charge >= 0.3 is 0 Å². The maximum absolute atomic E-state index is 13.0. The lowest BCUT2D eigenvalue weighted by molar-refractivity contribution is -0.384. The molecule has 1 atom stereocenters. The molecular formula is C23H24N2O9. The Balaban J connectivity index is 2.15. The fourth-order valence-corrected chi connectivity index (χ4v) is 3.73. The standard InChI is InChI=1S/C23H24N2O9/c1-32-17-7-6-14(13-18(17)33-2)20-19(21(27)15-4-3-5-16(12-15)25(30)31)22(28)23(29)24(20)8-10-34-11-9-26/h3-7,12-13,20,26-27H,8-11H2,1-2H3/b21-19+. The van der Waals surface area contributed by atoms with Crippen molar-refractivity contribution in [2.24, 2.45) is 0 Å². The number of hydrogen-bond acceptors (Lipinski definition) is 9. The summed E-state index contributed by atoms with van der Waals surface area (Å²) in [5, 5.41) is 31.1. The number of rotatable bonds is 10. The summed E-state index contributed by atoms with van der Waals surface area (Å²) in [7, 11) is 2.90. The van der Waals surface area contributed by atoms with Gasteiger partial charge in [-0.25, -0.2) is 0 Å². The number of carbonyl (C=O) groups excluding carboxylic acids is 2.